The number of rotatable bonds is 6. The molecule has 0 radical (unpaired) electrons. The first-order valence-corrected chi connectivity index (χ1v) is 12.1. The highest BCUT2D eigenvalue weighted by Crippen LogP contribution is 2.30. The number of carbonyl (C=O) groups excluding carboxylic acids is 1. The maximum atomic E-state index is 13.1. The predicted molar refractivity (Wildman–Crippen MR) is 110 cm³/mol. The summed E-state index contributed by atoms with van der Waals surface area (Å²) in [5, 5.41) is 13.6. The molecule has 4 rings (SSSR count). The summed E-state index contributed by atoms with van der Waals surface area (Å²) in [6.45, 7) is 5.13. The van der Waals surface area contributed by atoms with Gasteiger partial charge in [-0.05, 0) is 45.1 Å². The molecule has 1 aliphatic rings. The van der Waals surface area contributed by atoms with Crippen LogP contribution in [0.2, 0.25) is 0 Å². The summed E-state index contributed by atoms with van der Waals surface area (Å²) in [5.74, 6) is -0.308. The molecule has 3 aromatic heterocycles. The van der Waals surface area contributed by atoms with E-state index in [0.717, 1.165) is 4.88 Å². The first-order chi connectivity index (χ1) is 14.8. The SMILES string of the molecule is Cc1noc(C)c1S(=O)(=O)N1CCCC(C(=O)OC(C)c2nnc(-c3cccs3)o2)C1. The van der Waals surface area contributed by atoms with Crippen molar-refractivity contribution >= 4 is 27.3 Å². The summed E-state index contributed by atoms with van der Waals surface area (Å²) in [5.41, 5.74) is 0.300. The maximum Gasteiger partial charge on any atom is 0.311 e. The molecule has 2 atom stereocenters. The number of aryl methyl sites for hydroxylation is 2. The fourth-order valence-electron chi connectivity index (χ4n) is 3.54. The molecule has 0 aliphatic carbocycles. The molecule has 0 amide bonds. The van der Waals surface area contributed by atoms with E-state index in [1.54, 1.807) is 20.8 Å². The number of carbonyl (C=O) groups is 1. The third-order valence-corrected chi connectivity index (χ3v) is 8.06. The van der Waals surface area contributed by atoms with Crippen LogP contribution in [0.15, 0.2) is 31.3 Å². The van der Waals surface area contributed by atoms with Gasteiger partial charge in [0.25, 0.3) is 11.8 Å². The van der Waals surface area contributed by atoms with Crippen LogP contribution in [0.5, 0.6) is 0 Å². The fourth-order valence-corrected chi connectivity index (χ4v) is 6.00. The Hall–Kier alpha value is -2.57. The molecule has 1 aliphatic heterocycles. The fraction of sp³-hybridized carbons (Fsp3) is 0.474. The summed E-state index contributed by atoms with van der Waals surface area (Å²) in [6.07, 6.45) is 0.326. The van der Waals surface area contributed by atoms with E-state index in [2.05, 4.69) is 15.4 Å². The lowest BCUT2D eigenvalue weighted by Crippen LogP contribution is -2.43. The highest BCUT2D eigenvalue weighted by atomic mass is 32.2. The van der Waals surface area contributed by atoms with Crippen LogP contribution in [-0.2, 0) is 19.6 Å². The third kappa shape index (κ3) is 4.27. The molecule has 0 bridgehead atoms. The Bertz CT molecular complexity index is 1150. The van der Waals surface area contributed by atoms with E-state index in [0.29, 0.717) is 31.0 Å². The van der Waals surface area contributed by atoms with Crippen LogP contribution >= 0.6 is 11.3 Å². The van der Waals surface area contributed by atoms with Crippen LogP contribution in [0.4, 0.5) is 0 Å². The molecule has 12 heteroatoms. The number of piperidine rings is 1. The Morgan fingerprint density at radius 1 is 1.35 bits per heavy atom. The van der Waals surface area contributed by atoms with Gasteiger partial charge < -0.3 is 13.7 Å². The minimum absolute atomic E-state index is 0.0300. The van der Waals surface area contributed by atoms with Crippen molar-refractivity contribution in [1.29, 1.82) is 0 Å². The Morgan fingerprint density at radius 2 is 2.16 bits per heavy atom. The minimum atomic E-state index is -3.82. The van der Waals surface area contributed by atoms with Gasteiger partial charge in [-0.2, -0.15) is 4.31 Å². The van der Waals surface area contributed by atoms with Crippen LogP contribution in [0.25, 0.3) is 10.8 Å². The van der Waals surface area contributed by atoms with Crippen molar-refractivity contribution in [2.45, 2.75) is 44.6 Å². The normalized spacial score (nSPS) is 18.7. The second-order valence-corrected chi connectivity index (χ2v) is 10.2. The van der Waals surface area contributed by atoms with Crippen molar-refractivity contribution < 1.29 is 26.9 Å². The number of esters is 1. The predicted octanol–water partition coefficient (Wildman–Crippen LogP) is 3.11. The summed E-state index contributed by atoms with van der Waals surface area (Å²) in [7, 11) is -3.82. The molecule has 10 nitrogen and oxygen atoms in total. The molecule has 166 valence electrons. The van der Waals surface area contributed by atoms with Gasteiger partial charge in [-0.1, -0.05) is 11.2 Å². The Balaban J connectivity index is 1.43. The molecule has 4 heterocycles. The number of hydrogen-bond donors (Lipinski definition) is 0. The van der Waals surface area contributed by atoms with Crippen molar-refractivity contribution in [2.75, 3.05) is 13.1 Å². The standard InChI is InChI=1S/C19H22N4O6S2/c1-11-16(12(2)29-22-11)31(25,26)23-8-4-6-14(10-23)19(24)27-13(3)17-20-21-18(28-17)15-7-5-9-30-15/h5,7,9,13-14H,4,6,8,10H2,1-3H3. The highest BCUT2D eigenvalue weighted by molar-refractivity contribution is 7.89. The van der Waals surface area contributed by atoms with Gasteiger partial charge in [0.15, 0.2) is 11.9 Å². The van der Waals surface area contributed by atoms with Gasteiger partial charge in [0.05, 0.1) is 10.8 Å². The molecular weight excluding hydrogens is 444 g/mol. The molecule has 0 saturated carbocycles. The van der Waals surface area contributed by atoms with Gasteiger partial charge in [0, 0.05) is 13.1 Å². The molecule has 3 aromatic rings. The molecule has 31 heavy (non-hydrogen) atoms. The van der Waals surface area contributed by atoms with Gasteiger partial charge in [-0.15, -0.1) is 21.5 Å². The first kappa shape index (κ1) is 21.7. The van der Waals surface area contributed by atoms with Crippen LogP contribution in [0.3, 0.4) is 0 Å². The lowest BCUT2D eigenvalue weighted by molar-refractivity contribution is -0.155. The largest absolute Gasteiger partial charge is 0.452 e. The topological polar surface area (TPSA) is 129 Å². The lowest BCUT2D eigenvalue weighted by Gasteiger charge is -2.30. The van der Waals surface area contributed by atoms with Crippen molar-refractivity contribution in [3.8, 4) is 10.8 Å². The number of nitrogens with zero attached hydrogens (tertiary/aromatic N) is 4. The number of ether oxygens (including phenoxy) is 1. The van der Waals surface area contributed by atoms with Crippen LogP contribution < -0.4 is 0 Å². The molecule has 1 saturated heterocycles. The summed E-state index contributed by atoms with van der Waals surface area (Å²) in [6, 6.07) is 3.73. The van der Waals surface area contributed by atoms with E-state index in [9.17, 15) is 13.2 Å². The van der Waals surface area contributed by atoms with Gasteiger partial charge >= 0.3 is 5.97 Å². The summed E-state index contributed by atoms with van der Waals surface area (Å²) < 4.78 is 43.6. The molecule has 0 spiro atoms. The first-order valence-electron chi connectivity index (χ1n) is 9.78. The molecule has 2 unspecified atom stereocenters. The number of hydrogen-bond acceptors (Lipinski definition) is 10. The zero-order chi connectivity index (χ0) is 22.2. The smallest absolute Gasteiger partial charge is 0.311 e. The zero-order valence-corrected chi connectivity index (χ0v) is 18.9. The zero-order valence-electron chi connectivity index (χ0n) is 17.3. The Labute approximate surface area is 183 Å². The van der Waals surface area contributed by atoms with Crippen LogP contribution in [0.1, 0.15) is 43.2 Å². The second kappa shape index (κ2) is 8.52. The van der Waals surface area contributed by atoms with Crippen molar-refractivity contribution in [1.82, 2.24) is 19.7 Å². The summed E-state index contributed by atoms with van der Waals surface area (Å²) in [4.78, 5) is 13.6. The van der Waals surface area contributed by atoms with E-state index in [1.165, 1.54) is 15.6 Å². The van der Waals surface area contributed by atoms with Gasteiger partial charge in [0.1, 0.15) is 10.6 Å². The second-order valence-electron chi connectivity index (χ2n) is 7.36. The van der Waals surface area contributed by atoms with E-state index in [4.69, 9.17) is 13.7 Å². The molecule has 0 N–H and O–H groups in total. The molecular formula is C19H22N4O6S2. The average molecular weight is 467 g/mol. The van der Waals surface area contributed by atoms with Crippen molar-refractivity contribution in [3.63, 3.8) is 0 Å². The lowest BCUT2D eigenvalue weighted by atomic mass is 10.00. The van der Waals surface area contributed by atoms with Crippen LogP contribution in [0, 0.1) is 19.8 Å². The highest BCUT2D eigenvalue weighted by Gasteiger charge is 2.37. The number of sulfonamides is 1. The monoisotopic (exact) mass is 466 g/mol. The minimum Gasteiger partial charge on any atom is -0.452 e. The Kier molecular flexibility index (Phi) is 5.95. The average Bonchev–Trinajstić information content (AvgIpc) is 3.49. The van der Waals surface area contributed by atoms with Crippen LogP contribution in [-0.4, -0.2) is 47.1 Å². The van der Waals surface area contributed by atoms with Crippen molar-refractivity contribution in [2.24, 2.45) is 5.92 Å². The number of thiophene rings is 1. The van der Waals surface area contributed by atoms with Gasteiger partial charge in [-0.3, -0.25) is 4.79 Å². The quantitative estimate of drug-likeness (QED) is 0.503. The molecule has 0 aromatic carbocycles. The maximum absolute atomic E-state index is 13.1. The summed E-state index contributed by atoms with van der Waals surface area (Å²) >= 11 is 1.46. The third-order valence-electron chi connectivity index (χ3n) is 5.10. The molecule has 1 fully saturated rings. The van der Waals surface area contributed by atoms with Crippen molar-refractivity contribution in [3.05, 3.63) is 34.9 Å². The van der Waals surface area contributed by atoms with E-state index < -0.39 is 28.0 Å². The Morgan fingerprint density at radius 3 is 2.84 bits per heavy atom. The van der Waals surface area contributed by atoms with Gasteiger partial charge in [-0.25, -0.2) is 8.42 Å². The van der Waals surface area contributed by atoms with Gasteiger partial charge in [0.2, 0.25) is 10.0 Å². The van der Waals surface area contributed by atoms with E-state index in [-0.39, 0.29) is 23.1 Å². The van der Waals surface area contributed by atoms with E-state index >= 15 is 0 Å². The van der Waals surface area contributed by atoms with E-state index in [1.807, 2.05) is 17.5 Å². The number of aromatic nitrogens is 3.